The van der Waals surface area contributed by atoms with Gasteiger partial charge in [0.2, 0.25) is 5.91 Å². The average molecular weight is 1070 g/mol. The number of allylic oxidation sites excluding steroid dienone is 9. The zero-order valence-corrected chi connectivity index (χ0v) is 44.8. The van der Waals surface area contributed by atoms with Crippen LogP contribution in [0.4, 0.5) is 0 Å². The number of hydrogen-bond donors (Lipinski definition) is 12. The summed E-state index contributed by atoms with van der Waals surface area (Å²) in [5, 5.41) is 120. The van der Waals surface area contributed by atoms with Crippen molar-refractivity contribution < 1.29 is 89.4 Å². The van der Waals surface area contributed by atoms with Gasteiger partial charge in [0.15, 0.2) is 18.9 Å². The number of ether oxygens (including phenoxy) is 6. The molecule has 12 N–H and O–H groups in total. The zero-order valence-electron chi connectivity index (χ0n) is 44.8. The summed E-state index contributed by atoms with van der Waals surface area (Å²) in [4.78, 5) is 13.3. The Morgan fingerprint density at radius 3 is 1.45 bits per heavy atom. The number of amides is 1. The lowest BCUT2D eigenvalue weighted by molar-refractivity contribution is -0.379. The molecule has 0 bridgehead atoms. The Morgan fingerprint density at radius 2 is 0.893 bits per heavy atom. The molecule has 3 saturated heterocycles. The first-order chi connectivity index (χ1) is 36.3. The van der Waals surface area contributed by atoms with Crippen LogP contribution in [0.2, 0.25) is 0 Å². The Labute approximate surface area is 445 Å². The van der Waals surface area contributed by atoms with Crippen LogP contribution in [0.5, 0.6) is 0 Å². The Morgan fingerprint density at radius 1 is 0.480 bits per heavy atom. The van der Waals surface area contributed by atoms with E-state index in [0.29, 0.717) is 12.8 Å². The molecule has 19 nitrogen and oxygen atoms in total. The maximum Gasteiger partial charge on any atom is 0.220 e. The van der Waals surface area contributed by atoms with Crippen LogP contribution in [0.3, 0.4) is 0 Å². The van der Waals surface area contributed by atoms with Crippen LogP contribution in [-0.2, 0) is 33.2 Å². The van der Waals surface area contributed by atoms with E-state index in [0.717, 1.165) is 77.0 Å². The van der Waals surface area contributed by atoms with Gasteiger partial charge in [-0.1, -0.05) is 139 Å². The topological polar surface area (TPSA) is 307 Å². The Balaban J connectivity index is 1.53. The molecule has 0 radical (unpaired) electrons. The van der Waals surface area contributed by atoms with Crippen LogP contribution in [0.1, 0.15) is 155 Å². The highest BCUT2D eigenvalue weighted by molar-refractivity contribution is 5.76. The molecule has 434 valence electrons. The molecule has 0 aromatic rings. The highest BCUT2D eigenvalue weighted by atomic mass is 16.8. The van der Waals surface area contributed by atoms with Gasteiger partial charge in [-0.2, -0.15) is 0 Å². The second kappa shape index (κ2) is 39.8. The molecular weight excluding hydrogens is 975 g/mol. The SMILES string of the molecule is CCCCC/C=C\C/C=C\C/C=C\CCCCCCCCC(=O)NC(COC1OC(CO)C(OC2OC(CO)C(OC3OC(CO)C(O)C(O)C3O)C(O)C2O)C(O)C1O)C(O)/C=C/CC/C=C/CCCCCCC. The standard InChI is InChI=1S/C56H97NO18/c1-3-5-7-9-11-13-15-16-17-18-19-20-21-22-24-26-28-30-32-34-44(62)57-39(40(61)33-31-29-27-25-23-14-12-10-8-6-4-2)38-70-54-50(68)47(65)52(42(36-59)72-54)75-56-51(69)48(66)53(43(37-60)73-56)74-55-49(67)46(64)45(63)41(35-58)71-55/h11,13,16-17,19-20,23,25,31,33,39-43,45-56,58-61,63-69H,3-10,12,14-15,18,21-22,24,26-30,32,34-38H2,1-2H3,(H,57,62)/b13-11-,17-16-,20-19-,25-23+,33-31+. The maximum atomic E-state index is 13.3. The highest BCUT2D eigenvalue weighted by Crippen LogP contribution is 2.33. The van der Waals surface area contributed by atoms with E-state index in [9.17, 15) is 61.0 Å². The summed E-state index contributed by atoms with van der Waals surface area (Å²) >= 11 is 0. The van der Waals surface area contributed by atoms with E-state index in [1.54, 1.807) is 6.08 Å². The summed E-state index contributed by atoms with van der Waals surface area (Å²) in [6, 6.07) is -0.997. The summed E-state index contributed by atoms with van der Waals surface area (Å²) in [6.07, 6.45) is 16.4. The number of hydrogen-bond acceptors (Lipinski definition) is 18. The van der Waals surface area contributed by atoms with E-state index in [1.165, 1.54) is 44.9 Å². The van der Waals surface area contributed by atoms with Gasteiger partial charge in [-0.05, 0) is 70.6 Å². The van der Waals surface area contributed by atoms with E-state index < -0.39 is 124 Å². The molecule has 19 heteroatoms. The van der Waals surface area contributed by atoms with E-state index in [1.807, 2.05) is 6.08 Å². The minimum Gasteiger partial charge on any atom is -0.394 e. The van der Waals surface area contributed by atoms with Crippen LogP contribution in [0.15, 0.2) is 60.8 Å². The lowest BCUT2D eigenvalue weighted by Gasteiger charge is -2.48. The number of carbonyl (C=O) groups excluding carboxylic acids is 1. The predicted molar refractivity (Wildman–Crippen MR) is 282 cm³/mol. The molecule has 1 amide bonds. The van der Waals surface area contributed by atoms with Crippen molar-refractivity contribution in [3.8, 4) is 0 Å². The van der Waals surface area contributed by atoms with Crippen LogP contribution in [0, 0.1) is 0 Å². The van der Waals surface area contributed by atoms with Gasteiger partial charge in [-0.15, -0.1) is 0 Å². The molecule has 0 saturated carbocycles. The first kappa shape index (κ1) is 66.8. The molecule has 3 aliphatic heterocycles. The zero-order chi connectivity index (χ0) is 54.8. The Kier molecular flexibility index (Phi) is 35.4. The number of aliphatic hydroxyl groups is 11. The summed E-state index contributed by atoms with van der Waals surface area (Å²) in [5.74, 6) is -0.304. The second-order valence-electron chi connectivity index (χ2n) is 20.0. The third kappa shape index (κ3) is 24.6. The lowest BCUT2D eigenvalue weighted by Crippen LogP contribution is -2.66. The van der Waals surface area contributed by atoms with Crippen molar-refractivity contribution >= 4 is 5.91 Å². The van der Waals surface area contributed by atoms with Gasteiger partial charge < -0.3 is 89.9 Å². The fourth-order valence-electron chi connectivity index (χ4n) is 9.09. The van der Waals surface area contributed by atoms with E-state index in [4.69, 9.17) is 28.4 Å². The van der Waals surface area contributed by atoms with Gasteiger partial charge >= 0.3 is 0 Å². The van der Waals surface area contributed by atoms with Crippen LogP contribution in [-0.4, -0.2) is 193 Å². The quantitative estimate of drug-likeness (QED) is 0.0309. The van der Waals surface area contributed by atoms with Crippen molar-refractivity contribution in [2.24, 2.45) is 0 Å². The number of carbonyl (C=O) groups is 1. The Bertz CT molecular complexity index is 1610. The van der Waals surface area contributed by atoms with Gasteiger partial charge in [0, 0.05) is 6.42 Å². The molecule has 0 aromatic heterocycles. The molecule has 3 aliphatic rings. The van der Waals surface area contributed by atoms with Crippen molar-refractivity contribution in [2.45, 2.75) is 259 Å². The molecule has 75 heavy (non-hydrogen) atoms. The van der Waals surface area contributed by atoms with Gasteiger partial charge in [0.05, 0.1) is 38.6 Å². The first-order valence-corrected chi connectivity index (χ1v) is 28.0. The normalized spacial score (nSPS) is 31.7. The molecule has 3 fully saturated rings. The third-order valence-corrected chi connectivity index (χ3v) is 13.8. The third-order valence-electron chi connectivity index (χ3n) is 13.8. The molecule has 3 heterocycles. The van der Waals surface area contributed by atoms with Gasteiger partial charge in [-0.25, -0.2) is 0 Å². The number of nitrogens with one attached hydrogen (secondary N) is 1. The summed E-state index contributed by atoms with van der Waals surface area (Å²) in [6.45, 7) is 1.60. The fraction of sp³-hybridized carbons (Fsp3) is 0.804. The van der Waals surface area contributed by atoms with Gasteiger partial charge in [-0.3, -0.25) is 4.79 Å². The van der Waals surface area contributed by atoms with Crippen LogP contribution >= 0.6 is 0 Å². The maximum absolute atomic E-state index is 13.3. The molecular formula is C56H97NO18. The van der Waals surface area contributed by atoms with Gasteiger partial charge in [0.1, 0.15) is 73.2 Å². The minimum absolute atomic E-state index is 0.218. The lowest BCUT2D eigenvalue weighted by atomic mass is 9.96. The highest BCUT2D eigenvalue weighted by Gasteiger charge is 2.53. The van der Waals surface area contributed by atoms with Crippen LogP contribution < -0.4 is 5.32 Å². The summed E-state index contributed by atoms with van der Waals surface area (Å²) in [5.41, 5.74) is 0. The molecule has 17 atom stereocenters. The smallest absolute Gasteiger partial charge is 0.220 e. The van der Waals surface area contributed by atoms with Gasteiger partial charge in [0.25, 0.3) is 0 Å². The monoisotopic (exact) mass is 1070 g/mol. The van der Waals surface area contributed by atoms with E-state index in [-0.39, 0.29) is 18.9 Å². The minimum atomic E-state index is -1.98. The molecule has 3 rings (SSSR count). The van der Waals surface area contributed by atoms with Crippen molar-refractivity contribution in [1.82, 2.24) is 5.32 Å². The molecule has 0 spiro atoms. The average Bonchev–Trinajstić information content (AvgIpc) is 3.41. The van der Waals surface area contributed by atoms with Crippen molar-refractivity contribution in [1.29, 1.82) is 0 Å². The van der Waals surface area contributed by atoms with Crippen molar-refractivity contribution in [3.63, 3.8) is 0 Å². The predicted octanol–water partition coefficient (Wildman–Crippen LogP) is 3.70. The Hall–Kier alpha value is -2.51. The molecule has 0 aromatic carbocycles. The summed E-state index contributed by atoms with van der Waals surface area (Å²) in [7, 11) is 0. The number of unbranched alkanes of at least 4 members (excludes halogenated alkanes) is 15. The van der Waals surface area contributed by atoms with Crippen molar-refractivity contribution in [3.05, 3.63) is 60.8 Å². The summed E-state index contributed by atoms with van der Waals surface area (Å²) < 4.78 is 34.1. The number of aliphatic hydroxyl groups excluding tert-OH is 11. The first-order valence-electron chi connectivity index (χ1n) is 28.0. The number of rotatable bonds is 39. The largest absolute Gasteiger partial charge is 0.394 e. The molecule has 0 aliphatic carbocycles. The second-order valence-corrected chi connectivity index (χ2v) is 20.0. The fourth-order valence-corrected chi connectivity index (χ4v) is 9.09. The van der Waals surface area contributed by atoms with E-state index in [2.05, 4.69) is 67.8 Å². The molecule has 17 unspecified atom stereocenters. The van der Waals surface area contributed by atoms with E-state index >= 15 is 0 Å². The van der Waals surface area contributed by atoms with Crippen LogP contribution in [0.25, 0.3) is 0 Å². The van der Waals surface area contributed by atoms with Crippen molar-refractivity contribution in [2.75, 3.05) is 26.4 Å².